The molecule has 0 aliphatic rings. The number of rotatable bonds is 6. The molecule has 1 amide bonds. The Kier molecular flexibility index (Phi) is 5.72. The first kappa shape index (κ1) is 11.4. The molecule has 1 unspecified atom stereocenters. The van der Waals surface area contributed by atoms with Gasteiger partial charge in [-0.05, 0) is 33.0 Å². The van der Waals surface area contributed by atoms with Gasteiger partial charge >= 0.3 is 0 Å². The van der Waals surface area contributed by atoms with Gasteiger partial charge in [-0.2, -0.15) is 0 Å². The van der Waals surface area contributed by atoms with Crippen molar-refractivity contribution in [1.29, 1.82) is 0 Å². The lowest BCUT2D eigenvalue weighted by atomic mass is 10.1. The van der Waals surface area contributed by atoms with Gasteiger partial charge in [0.25, 0.3) is 0 Å². The maximum Gasteiger partial charge on any atom is 0.220 e. The van der Waals surface area contributed by atoms with Crippen LogP contribution in [0.4, 0.5) is 0 Å². The molecule has 0 aliphatic carbocycles. The second-order valence-corrected chi connectivity index (χ2v) is 3.40. The zero-order valence-electron chi connectivity index (χ0n) is 8.34. The molecule has 0 aromatic heterocycles. The summed E-state index contributed by atoms with van der Waals surface area (Å²) in [6.45, 7) is 6.07. The summed E-state index contributed by atoms with van der Waals surface area (Å²) in [7, 11) is 2.07. The monoisotopic (exact) mass is 172 g/mol. The van der Waals surface area contributed by atoms with Gasteiger partial charge in [-0.1, -0.05) is 13.8 Å². The third-order valence-corrected chi connectivity index (χ3v) is 2.03. The SMILES string of the molecule is CCCN(C)CCC(C)C(N)=O. The zero-order chi connectivity index (χ0) is 9.56. The Morgan fingerprint density at radius 1 is 1.50 bits per heavy atom. The zero-order valence-corrected chi connectivity index (χ0v) is 8.34. The second kappa shape index (κ2) is 6.00. The van der Waals surface area contributed by atoms with E-state index in [1.54, 1.807) is 0 Å². The lowest BCUT2D eigenvalue weighted by Gasteiger charge is -2.16. The summed E-state index contributed by atoms with van der Waals surface area (Å²) in [4.78, 5) is 12.9. The first-order valence-electron chi connectivity index (χ1n) is 4.55. The molecule has 0 aliphatic heterocycles. The molecule has 0 aromatic carbocycles. The van der Waals surface area contributed by atoms with Gasteiger partial charge in [0.2, 0.25) is 5.91 Å². The van der Waals surface area contributed by atoms with E-state index < -0.39 is 0 Å². The van der Waals surface area contributed by atoms with E-state index in [2.05, 4.69) is 18.9 Å². The van der Waals surface area contributed by atoms with E-state index >= 15 is 0 Å². The highest BCUT2D eigenvalue weighted by Gasteiger charge is 2.08. The number of amides is 1. The summed E-state index contributed by atoms with van der Waals surface area (Å²) < 4.78 is 0. The van der Waals surface area contributed by atoms with E-state index in [4.69, 9.17) is 5.73 Å². The van der Waals surface area contributed by atoms with Gasteiger partial charge in [0.05, 0.1) is 0 Å². The number of nitrogens with zero attached hydrogens (tertiary/aromatic N) is 1. The average molecular weight is 172 g/mol. The third-order valence-electron chi connectivity index (χ3n) is 2.03. The van der Waals surface area contributed by atoms with Crippen molar-refractivity contribution in [2.24, 2.45) is 11.7 Å². The van der Waals surface area contributed by atoms with Crippen molar-refractivity contribution < 1.29 is 4.79 Å². The fraction of sp³-hybridized carbons (Fsp3) is 0.889. The summed E-state index contributed by atoms with van der Waals surface area (Å²) in [6, 6.07) is 0. The Labute approximate surface area is 74.9 Å². The van der Waals surface area contributed by atoms with Crippen LogP contribution in [-0.2, 0) is 4.79 Å². The molecule has 72 valence electrons. The minimum atomic E-state index is -0.195. The minimum Gasteiger partial charge on any atom is -0.369 e. The van der Waals surface area contributed by atoms with Crippen LogP contribution in [0.5, 0.6) is 0 Å². The van der Waals surface area contributed by atoms with Crippen molar-refractivity contribution in [3.05, 3.63) is 0 Å². The molecule has 0 heterocycles. The van der Waals surface area contributed by atoms with Crippen molar-refractivity contribution in [3.8, 4) is 0 Å². The summed E-state index contributed by atoms with van der Waals surface area (Å²) in [5.41, 5.74) is 5.14. The van der Waals surface area contributed by atoms with Gasteiger partial charge in [0.1, 0.15) is 0 Å². The number of carbonyl (C=O) groups is 1. The molecule has 0 fully saturated rings. The Balaban J connectivity index is 3.46. The predicted molar refractivity (Wildman–Crippen MR) is 50.8 cm³/mol. The fourth-order valence-corrected chi connectivity index (χ4v) is 1.05. The highest BCUT2D eigenvalue weighted by Crippen LogP contribution is 2.01. The number of primary amides is 1. The normalized spacial score (nSPS) is 13.3. The maximum atomic E-state index is 10.7. The van der Waals surface area contributed by atoms with Gasteiger partial charge in [-0.25, -0.2) is 0 Å². The summed E-state index contributed by atoms with van der Waals surface area (Å²) in [5.74, 6) is -0.191. The Bertz CT molecular complexity index is 136. The molecule has 1 atom stereocenters. The standard InChI is InChI=1S/C9H20N2O/c1-4-6-11(3)7-5-8(2)9(10)12/h8H,4-7H2,1-3H3,(H2,10,12). The Hall–Kier alpha value is -0.570. The first-order valence-corrected chi connectivity index (χ1v) is 4.55. The summed E-state index contributed by atoms with van der Waals surface area (Å²) >= 11 is 0. The highest BCUT2D eigenvalue weighted by molar-refractivity contribution is 5.76. The molecule has 3 heteroatoms. The van der Waals surface area contributed by atoms with Crippen LogP contribution in [0.25, 0.3) is 0 Å². The summed E-state index contributed by atoms with van der Waals surface area (Å²) in [6.07, 6.45) is 2.02. The number of nitrogens with two attached hydrogens (primary N) is 1. The largest absolute Gasteiger partial charge is 0.369 e. The van der Waals surface area contributed by atoms with E-state index in [0.717, 1.165) is 25.9 Å². The number of hydrogen-bond donors (Lipinski definition) is 1. The van der Waals surface area contributed by atoms with Crippen LogP contribution in [0.2, 0.25) is 0 Å². The van der Waals surface area contributed by atoms with Crippen LogP contribution in [0.3, 0.4) is 0 Å². The molecule has 3 nitrogen and oxygen atoms in total. The molecule has 0 saturated carbocycles. The van der Waals surface area contributed by atoms with Crippen molar-refractivity contribution in [3.63, 3.8) is 0 Å². The maximum absolute atomic E-state index is 10.7. The van der Waals surface area contributed by atoms with Gasteiger partial charge < -0.3 is 10.6 Å². The molecule has 0 radical (unpaired) electrons. The van der Waals surface area contributed by atoms with E-state index in [-0.39, 0.29) is 11.8 Å². The predicted octanol–water partition coefficient (Wildman–Crippen LogP) is 0.840. The lowest BCUT2D eigenvalue weighted by molar-refractivity contribution is -0.121. The van der Waals surface area contributed by atoms with Crippen LogP contribution in [0.1, 0.15) is 26.7 Å². The van der Waals surface area contributed by atoms with E-state index in [9.17, 15) is 4.79 Å². The third kappa shape index (κ3) is 5.13. The average Bonchev–Trinajstić information content (AvgIpc) is 2.00. The van der Waals surface area contributed by atoms with Gasteiger partial charge in [-0.3, -0.25) is 4.79 Å². The van der Waals surface area contributed by atoms with E-state index in [1.807, 2.05) is 6.92 Å². The van der Waals surface area contributed by atoms with Gasteiger partial charge in [0.15, 0.2) is 0 Å². The van der Waals surface area contributed by atoms with E-state index in [0.29, 0.717) is 0 Å². The molecule has 2 N–H and O–H groups in total. The number of hydrogen-bond acceptors (Lipinski definition) is 2. The Morgan fingerprint density at radius 3 is 2.50 bits per heavy atom. The molecular formula is C9H20N2O. The molecule has 0 bridgehead atoms. The van der Waals surface area contributed by atoms with E-state index in [1.165, 1.54) is 0 Å². The second-order valence-electron chi connectivity index (χ2n) is 3.40. The topological polar surface area (TPSA) is 46.3 Å². The molecule has 0 aromatic rings. The molecule has 0 saturated heterocycles. The quantitative estimate of drug-likeness (QED) is 0.645. The molecule has 0 spiro atoms. The smallest absolute Gasteiger partial charge is 0.220 e. The lowest BCUT2D eigenvalue weighted by Crippen LogP contribution is -2.27. The van der Waals surface area contributed by atoms with Crippen molar-refractivity contribution in [1.82, 2.24) is 4.90 Å². The number of carbonyl (C=O) groups excluding carboxylic acids is 1. The fourth-order valence-electron chi connectivity index (χ4n) is 1.05. The van der Waals surface area contributed by atoms with Crippen LogP contribution in [-0.4, -0.2) is 30.9 Å². The molecular weight excluding hydrogens is 152 g/mol. The highest BCUT2D eigenvalue weighted by atomic mass is 16.1. The van der Waals surface area contributed by atoms with Crippen molar-refractivity contribution in [2.75, 3.05) is 20.1 Å². The molecule has 0 rings (SSSR count). The van der Waals surface area contributed by atoms with Crippen molar-refractivity contribution in [2.45, 2.75) is 26.7 Å². The van der Waals surface area contributed by atoms with Gasteiger partial charge in [0, 0.05) is 5.92 Å². The van der Waals surface area contributed by atoms with Crippen LogP contribution in [0, 0.1) is 5.92 Å². The van der Waals surface area contributed by atoms with Crippen LogP contribution in [0.15, 0.2) is 0 Å². The van der Waals surface area contributed by atoms with Gasteiger partial charge in [-0.15, -0.1) is 0 Å². The van der Waals surface area contributed by atoms with Crippen molar-refractivity contribution >= 4 is 5.91 Å². The van der Waals surface area contributed by atoms with Crippen LogP contribution < -0.4 is 5.73 Å². The first-order chi connectivity index (χ1) is 5.57. The molecule has 12 heavy (non-hydrogen) atoms. The summed E-state index contributed by atoms with van der Waals surface area (Å²) in [5, 5.41) is 0. The Morgan fingerprint density at radius 2 is 2.08 bits per heavy atom. The van der Waals surface area contributed by atoms with Crippen LogP contribution >= 0.6 is 0 Å². The minimum absolute atomic E-state index is 0.00399.